The summed E-state index contributed by atoms with van der Waals surface area (Å²) in [5.74, 6) is 0. The zero-order chi connectivity index (χ0) is 11.0. The van der Waals surface area contributed by atoms with Crippen molar-refractivity contribution in [1.29, 1.82) is 0 Å². The molecule has 80 valence electrons. The number of fused-ring (bicyclic) bond motifs is 1. The van der Waals surface area contributed by atoms with E-state index in [-0.39, 0.29) is 5.56 Å². The number of halogens is 4. The van der Waals surface area contributed by atoms with E-state index >= 15 is 0 Å². The van der Waals surface area contributed by atoms with E-state index < -0.39 is 6.43 Å². The SMILES string of the molecule is FC(F)c1cc(Br)cc2c1cnn2PI. The molecule has 2 rings (SSSR count). The molecule has 0 aliphatic carbocycles. The predicted octanol–water partition coefficient (Wildman–Crippen LogP) is 4.53. The molecule has 2 nitrogen and oxygen atoms in total. The highest BCUT2D eigenvalue weighted by Crippen LogP contribution is 2.35. The third-order valence-electron chi connectivity index (χ3n) is 2.00. The number of benzene rings is 1. The second-order valence-electron chi connectivity index (χ2n) is 2.87. The maximum Gasteiger partial charge on any atom is 0.264 e. The third kappa shape index (κ3) is 2.17. The van der Waals surface area contributed by atoms with E-state index in [0.717, 1.165) is 5.52 Å². The molecule has 0 bridgehead atoms. The first kappa shape index (κ1) is 11.7. The highest BCUT2D eigenvalue weighted by atomic mass is 127. The average Bonchev–Trinajstić information content (AvgIpc) is 2.58. The van der Waals surface area contributed by atoms with Crippen LogP contribution in [0.3, 0.4) is 0 Å². The molecule has 1 atom stereocenters. The summed E-state index contributed by atoms with van der Waals surface area (Å²) in [5.41, 5.74) is 0.771. The van der Waals surface area contributed by atoms with Gasteiger partial charge in [0.2, 0.25) is 0 Å². The van der Waals surface area contributed by atoms with Gasteiger partial charge in [0.25, 0.3) is 6.43 Å². The monoisotopic (exact) mass is 404 g/mol. The second kappa shape index (κ2) is 4.59. The summed E-state index contributed by atoms with van der Waals surface area (Å²) < 4.78 is 27.8. The Hall–Kier alpha value is 0.190. The second-order valence-corrected chi connectivity index (χ2v) is 5.83. The molecule has 7 heteroatoms. The van der Waals surface area contributed by atoms with Crippen molar-refractivity contribution in [2.75, 3.05) is 0 Å². The lowest BCUT2D eigenvalue weighted by Gasteiger charge is -2.03. The maximum absolute atomic E-state index is 12.7. The Morgan fingerprint density at radius 3 is 2.80 bits per heavy atom. The molecular formula is C8H5BrF2IN2P. The Kier molecular flexibility index (Phi) is 3.57. The number of hydrogen-bond acceptors (Lipinski definition) is 1. The van der Waals surface area contributed by atoms with E-state index in [2.05, 4.69) is 43.1 Å². The molecule has 1 unspecified atom stereocenters. The lowest BCUT2D eigenvalue weighted by molar-refractivity contribution is 0.153. The van der Waals surface area contributed by atoms with E-state index in [0.29, 0.717) is 16.2 Å². The zero-order valence-corrected chi connectivity index (χ0v) is 12.0. The number of hydrogen-bond donors (Lipinski definition) is 0. The lowest BCUT2D eigenvalue weighted by Crippen LogP contribution is -1.87. The van der Waals surface area contributed by atoms with Crippen molar-refractivity contribution in [3.05, 3.63) is 28.4 Å². The molecule has 15 heavy (non-hydrogen) atoms. The van der Waals surface area contributed by atoms with Crippen molar-refractivity contribution in [2.24, 2.45) is 0 Å². The molecule has 1 heterocycles. The van der Waals surface area contributed by atoms with Crippen LogP contribution in [0.25, 0.3) is 10.9 Å². The van der Waals surface area contributed by atoms with Crippen LogP contribution in [0, 0.1) is 0 Å². The van der Waals surface area contributed by atoms with Gasteiger partial charge in [-0.2, -0.15) is 5.10 Å². The molecule has 0 radical (unpaired) electrons. The summed E-state index contributed by atoms with van der Waals surface area (Å²) in [6.07, 6.45) is -0.573. The van der Waals surface area contributed by atoms with Gasteiger partial charge in [0.05, 0.1) is 18.1 Å². The number of aromatic nitrogens is 2. The quantitative estimate of drug-likeness (QED) is 0.531. The van der Waals surface area contributed by atoms with Crippen molar-refractivity contribution in [2.45, 2.75) is 6.43 Å². The van der Waals surface area contributed by atoms with E-state index in [1.165, 1.54) is 12.3 Å². The van der Waals surface area contributed by atoms with Gasteiger partial charge in [-0.05, 0) is 34.2 Å². The zero-order valence-electron chi connectivity index (χ0n) is 7.22. The first-order chi connectivity index (χ1) is 7.13. The van der Waals surface area contributed by atoms with E-state index in [4.69, 9.17) is 0 Å². The summed E-state index contributed by atoms with van der Waals surface area (Å²) >= 11 is 5.39. The highest BCUT2D eigenvalue weighted by molar-refractivity contribution is 14.2. The largest absolute Gasteiger partial charge is 0.264 e. The summed E-state index contributed by atoms with van der Waals surface area (Å²) in [7, 11) is 0. The van der Waals surface area contributed by atoms with Crippen LogP contribution in [-0.4, -0.2) is 9.55 Å². The van der Waals surface area contributed by atoms with Gasteiger partial charge in [0, 0.05) is 15.4 Å². The summed E-state index contributed by atoms with van der Waals surface area (Å²) in [5, 5.41) is 4.59. The number of rotatable bonds is 2. The van der Waals surface area contributed by atoms with Crippen molar-refractivity contribution < 1.29 is 8.78 Å². The van der Waals surface area contributed by atoms with Gasteiger partial charge in [0.1, 0.15) is 0 Å². The molecule has 0 aliphatic rings. The standard InChI is InChI=1S/C8H5BrF2IN2P/c9-4-1-5(8(10)11)6-3-13-14(15-12)7(6)2-4/h1-3,8,15H. The first-order valence-electron chi connectivity index (χ1n) is 3.95. The molecule has 0 aliphatic heterocycles. The fourth-order valence-electron chi connectivity index (χ4n) is 1.37. The molecule has 0 saturated carbocycles. The van der Waals surface area contributed by atoms with Crippen LogP contribution in [0.15, 0.2) is 22.8 Å². The van der Waals surface area contributed by atoms with Gasteiger partial charge in [-0.3, -0.25) is 0 Å². The van der Waals surface area contributed by atoms with Crippen LogP contribution >= 0.6 is 44.3 Å². The highest BCUT2D eigenvalue weighted by Gasteiger charge is 2.15. The molecule has 2 aromatic rings. The fraction of sp³-hybridized carbons (Fsp3) is 0.125. The molecule has 0 spiro atoms. The Morgan fingerprint density at radius 2 is 2.20 bits per heavy atom. The Balaban J connectivity index is 2.76. The Bertz CT molecular complexity index is 503. The van der Waals surface area contributed by atoms with E-state index in [1.54, 1.807) is 10.5 Å². The van der Waals surface area contributed by atoms with Gasteiger partial charge < -0.3 is 0 Å². The molecule has 0 saturated heterocycles. The Morgan fingerprint density at radius 1 is 1.47 bits per heavy atom. The topological polar surface area (TPSA) is 17.8 Å². The third-order valence-corrected chi connectivity index (χ3v) is 4.35. The Labute approximate surface area is 108 Å². The van der Waals surface area contributed by atoms with Crippen molar-refractivity contribution in [3.63, 3.8) is 0 Å². The molecule has 0 amide bonds. The number of alkyl halides is 2. The normalized spacial score (nSPS) is 12.3. The van der Waals surface area contributed by atoms with Gasteiger partial charge in [-0.25, -0.2) is 13.2 Å². The smallest absolute Gasteiger partial charge is 0.237 e. The van der Waals surface area contributed by atoms with Crippen LogP contribution < -0.4 is 0 Å². The minimum Gasteiger partial charge on any atom is -0.237 e. The van der Waals surface area contributed by atoms with Gasteiger partial charge in [-0.15, -0.1) is 0 Å². The van der Waals surface area contributed by atoms with Crippen LogP contribution in [0.2, 0.25) is 0 Å². The first-order valence-corrected chi connectivity index (χ1v) is 8.81. The van der Waals surface area contributed by atoms with Crippen LogP contribution in [0.5, 0.6) is 0 Å². The molecular weight excluding hydrogens is 400 g/mol. The van der Waals surface area contributed by atoms with Gasteiger partial charge in [0.15, 0.2) is 0 Å². The number of nitrogens with zero attached hydrogens (tertiary/aromatic N) is 2. The lowest BCUT2D eigenvalue weighted by atomic mass is 10.1. The predicted molar refractivity (Wildman–Crippen MR) is 70.1 cm³/mol. The average molecular weight is 405 g/mol. The van der Waals surface area contributed by atoms with E-state index in [1.807, 2.05) is 0 Å². The van der Waals surface area contributed by atoms with Crippen LogP contribution in [0.1, 0.15) is 12.0 Å². The van der Waals surface area contributed by atoms with Crippen molar-refractivity contribution in [1.82, 2.24) is 9.55 Å². The van der Waals surface area contributed by atoms with Gasteiger partial charge >= 0.3 is 0 Å². The molecule has 0 N–H and O–H groups in total. The maximum atomic E-state index is 12.7. The molecule has 0 fully saturated rings. The fourth-order valence-corrected chi connectivity index (χ4v) is 3.36. The summed E-state index contributed by atoms with van der Waals surface area (Å²) in [6.45, 7) is 0. The van der Waals surface area contributed by atoms with Crippen molar-refractivity contribution >= 4 is 55.2 Å². The summed E-state index contributed by atoms with van der Waals surface area (Å²) in [6, 6.07) is 3.25. The molecule has 1 aromatic carbocycles. The van der Waals surface area contributed by atoms with E-state index in [9.17, 15) is 8.78 Å². The van der Waals surface area contributed by atoms with Crippen LogP contribution in [0.4, 0.5) is 8.78 Å². The minimum absolute atomic E-state index is 0.0280. The van der Waals surface area contributed by atoms with Crippen LogP contribution in [-0.2, 0) is 0 Å². The van der Waals surface area contributed by atoms with Crippen molar-refractivity contribution in [3.8, 4) is 0 Å². The minimum atomic E-state index is -2.47. The summed E-state index contributed by atoms with van der Waals surface area (Å²) in [4.78, 5) is 0. The molecule has 1 aromatic heterocycles. The van der Waals surface area contributed by atoms with Gasteiger partial charge in [-0.1, -0.05) is 15.9 Å².